The van der Waals surface area contributed by atoms with Gasteiger partial charge in [0.05, 0.1) is 12.9 Å². The van der Waals surface area contributed by atoms with Gasteiger partial charge in [0.2, 0.25) is 5.95 Å². The van der Waals surface area contributed by atoms with Gasteiger partial charge in [0.1, 0.15) is 18.3 Å². The van der Waals surface area contributed by atoms with E-state index in [4.69, 9.17) is 23.4 Å². The largest absolute Gasteiger partial charge is 0.414 e. The van der Waals surface area contributed by atoms with E-state index in [-0.39, 0.29) is 45.9 Å². The molecule has 4 atom stereocenters. The van der Waals surface area contributed by atoms with Crippen molar-refractivity contribution in [3.05, 3.63) is 16.7 Å². The minimum atomic E-state index is -2.91. The van der Waals surface area contributed by atoms with Crippen LogP contribution in [0.25, 0.3) is 11.2 Å². The van der Waals surface area contributed by atoms with Gasteiger partial charge in [0, 0.05) is 0 Å². The Balaban J connectivity index is 1.79. The lowest BCUT2D eigenvalue weighted by atomic mass is 10.1. The molecule has 2 saturated heterocycles. The number of fused-ring (bicyclic) bond motifs is 2. The molecule has 196 valence electrons. The van der Waals surface area contributed by atoms with Crippen molar-refractivity contribution in [3.63, 3.8) is 0 Å². The standard InChI is InChI=1S/C22H39N5O6Si2/c1-11(2)34(12(3)4)30-9-15-18(32-35(33-34,13(5)6)14(7)8)17(28)21(31-15)27-10-24-16-19(27)25-22(23)26-20(16)29/h10-15,17-18,21,28H,9H2,1-8H3,(H3,23,25,26,29)/i26+1. The van der Waals surface area contributed by atoms with Gasteiger partial charge < -0.3 is 28.5 Å². The summed E-state index contributed by atoms with van der Waals surface area (Å²) >= 11 is 0. The number of nitrogens with one attached hydrogen (secondary N) is 1. The van der Waals surface area contributed by atoms with Gasteiger partial charge in [0.15, 0.2) is 17.4 Å². The van der Waals surface area contributed by atoms with E-state index in [0.717, 1.165) is 0 Å². The maximum absolute atomic E-state index is 12.3. The number of H-pyrrole nitrogens is 1. The second-order valence-corrected chi connectivity index (χ2v) is 19.7. The number of nitrogen functional groups attached to an aromatic ring is 1. The third-order valence-corrected chi connectivity index (χ3v) is 17.6. The SMILES string of the molecule is CC(C)[Si]1(C(C)C)OCC2OC(n3cnc4c(=O)[15nH]c(N)nc43)C(O)C2O[Si](C(C)C)(C(C)C)O1. The summed E-state index contributed by atoms with van der Waals surface area (Å²) < 4.78 is 28.7. The summed E-state index contributed by atoms with van der Waals surface area (Å²) in [6.45, 7) is 17.4. The third kappa shape index (κ3) is 4.20. The van der Waals surface area contributed by atoms with Gasteiger partial charge in [-0.25, -0.2) is 4.98 Å². The molecule has 0 aromatic carbocycles. The maximum atomic E-state index is 12.3. The first-order valence-electron chi connectivity index (χ1n) is 12.4. The number of anilines is 1. The van der Waals surface area contributed by atoms with Crippen molar-refractivity contribution in [1.29, 1.82) is 0 Å². The molecule has 35 heavy (non-hydrogen) atoms. The van der Waals surface area contributed by atoms with E-state index in [1.807, 2.05) is 0 Å². The molecule has 0 radical (unpaired) electrons. The molecule has 0 bridgehead atoms. The van der Waals surface area contributed by atoms with Gasteiger partial charge in [0.25, 0.3) is 5.56 Å². The topological polar surface area (TPSA) is 147 Å². The van der Waals surface area contributed by atoms with Crippen molar-refractivity contribution in [2.45, 2.75) is 102 Å². The maximum Gasteiger partial charge on any atom is 0.335 e. The molecular weight excluding hydrogens is 487 g/mol. The van der Waals surface area contributed by atoms with Crippen LogP contribution in [0.3, 0.4) is 0 Å². The molecule has 2 aliphatic rings. The van der Waals surface area contributed by atoms with Gasteiger partial charge in [-0.05, 0) is 22.2 Å². The van der Waals surface area contributed by atoms with E-state index >= 15 is 0 Å². The van der Waals surface area contributed by atoms with Crippen LogP contribution >= 0.6 is 0 Å². The lowest BCUT2D eigenvalue weighted by Crippen LogP contribution is -2.65. The molecule has 0 saturated carbocycles. The number of ether oxygens (including phenoxy) is 1. The van der Waals surface area contributed by atoms with Crippen LogP contribution in [0.15, 0.2) is 11.1 Å². The fraction of sp³-hybridized carbons (Fsp3) is 0.773. The molecular formula is C22H39N5O6Si2. The van der Waals surface area contributed by atoms with E-state index in [1.54, 1.807) is 4.57 Å². The molecule has 0 amide bonds. The van der Waals surface area contributed by atoms with Crippen LogP contribution in [0.5, 0.6) is 0 Å². The normalized spacial score (nSPS) is 28.7. The van der Waals surface area contributed by atoms with Crippen molar-refractivity contribution in [1.82, 2.24) is 19.5 Å². The number of aromatic nitrogens is 4. The number of aromatic amines is 1. The van der Waals surface area contributed by atoms with E-state index in [2.05, 4.69) is 70.3 Å². The summed E-state index contributed by atoms with van der Waals surface area (Å²) in [5, 5.41) is 11.5. The highest BCUT2D eigenvalue weighted by Gasteiger charge is 2.61. The van der Waals surface area contributed by atoms with Gasteiger partial charge in [-0.2, -0.15) is 4.98 Å². The molecule has 2 aromatic rings. The zero-order chi connectivity index (χ0) is 25.9. The molecule has 2 aromatic heterocycles. The molecule has 4 unspecified atom stereocenters. The Bertz CT molecular complexity index is 1100. The van der Waals surface area contributed by atoms with E-state index in [0.29, 0.717) is 0 Å². The summed E-state index contributed by atoms with van der Waals surface area (Å²) in [6.07, 6.45) is -1.67. The predicted octanol–water partition coefficient (Wildman–Crippen LogP) is 2.92. The quantitative estimate of drug-likeness (QED) is 0.500. The highest BCUT2D eigenvalue weighted by Crippen LogP contribution is 2.48. The molecule has 4 N–H and O–H groups in total. The molecule has 4 rings (SSSR count). The molecule has 11 nitrogen and oxygen atoms in total. The monoisotopic (exact) mass is 526 g/mol. The molecule has 2 fully saturated rings. The van der Waals surface area contributed by atoms with Crippen LogP contribution in [0, 0.1) is 0 Å². The Morgan fingerprint density at radius 2 is 1.69 bits per heavy atom. The van der Waals surface area contributed by atoms with Crippen molar-refractivity contribution in [3.8, 4) is 0 Å². The third-order valence-electron chi connectivity index (χ3n) is 7.37. The average Bonchev–Trinajstić information content (AvgIpc) is 3.28. The van der Waals surface area contributed by atoms with Gasteiger partial charge >= 0.3 is 17.1 Å². The number of rotatable bonds is 5. The smallest absolute Gasteiger partial charge is 0.335 e. The minimum Gasteiger partial charge on any atom is -0.414 e. The first-order chi connectivity index (χ1) is 16.3. The predicted molar refractivity (Wildman–Crippen MR) is 136 cm³/mol. The Morgan fingerprint density at radius 1 is 1.09 bits per heavy atom. The molecule has 2 aliphatic heterocycles. The highest BCUT2D eigenvalue weighted by atomic mass is 28.5. The van der Waals surface area contributed by atoms with E-state index in [1.165, 1.54) is 6.33 Å². The number of aliphatic hydroxyl groups is 1. The fourth-order valence-corrected chi connectivity index (χ4v) is 16.7. The van der Waals surface area contributed by atoms with Crippen molar-refractivity contribution in [2.75, 3.05) is 12.3 Å². The lowest BCUT2D eigenvalue weighted by Gasteiger charge is -2.51. The molecule has 13 heteroatoms. The first-order valence-corrected chi connectivity index (χ1v) is 16.4. The second kappa shape index (κ2) is 9.36. The average molecular weight is 527 g/mol. The summed E-state index contributed by atoms with van der Waals surface area (Å²) in [5.74, 6) is -0.0357. The summed E-state index contributed by atoms with van der Waals surface area (Å²) in [4.78, 5) is 23.1. The zero-order valence-corrected chi connectivity index (χ0v) is 23.8. The summed E-state index contributed by atoms with van der Waals surface area (Å²) in [6, 6.07) is 0. The van der Waals surface area contributed by atoms with Crippen LogP contribution in [0.1, 0.15) is 61.6 Å². The Morgan fingerprint density at radius 3 is 2.26 bits per heavy atom. The summed E-state index contributed by atoms with van der Waals surface area (Å²) in [5.41, 5.74) is 6.33. The fourth-order valence-electron chi connectivity index (χ4n) is 5.50. The number of hydrogen-bond donors (Lipinski definition) is 3. The lowest BCUT2D eigenvalue weighted by molar-refractivity contribution is -0.0570. The Labute approximate surface area is 207 Å². The van der Waals surface area contributed by atoms with Gasteiger partial charge in [-0.3, -0.25) is 14.3 Å². The van der Waals surface area contributed by atoms with Gasteiger partial charge in [-0.1, -0.05) is 55.4 Å². The molecule has 0 aliphatic carbocycles. The first kappa shape index (κ1) is 26.4. The van der Waals surface area contributed by atoms with Crippen molar-refractivity contribution in [2.24, 2.45) is 0 Å². The van der Waals surface area contributed by atoms with Crippen molar-refractivity contribution >= 4 is 34.2 Å². The minimum absolute atomic E-state index is 0.0357. The number of nitrogens with zero attached hydrogens (tertiary/aromatic N) is 3. The Kier molecular flexibility index (Phi) is 7.07. The summed E-state index contributed by atoms with van der Waals surface area (Å²) in [7, 11) is -5.64. The Hall–Kier alpha value is -1.62. The van der Waals surface area contributed by atoms with E-state index in [9.17, 15) is 9.90 Å². The van der Waals surface area contributed by atoms with Crippen LogP contribution in [0.4, 0.5) is 5.95 Å². The highest BCUT2D eigenvalue weighted by molar-refractivity contribution is 6.83. The number of imidazole rings is 1. The molecule has 0 spiro atoms. The van der Waals surface area contributed by atoms with Gasteiger partial charge in [-0.15, -0.1) is 0 Å². The number of hydrogen-bond acceptors (Lipinski definition) is 9. The van der Waals surface area contributed by atoms with E-state index < -0.39 is 47.2 Å². The molecule has 4 heterocycles. The second-order valence-electron chi connectivity index (χ2n) is 10.9. The van der Waals surface area contributed by atoms with Crippen LogP contribution in [-0.2, 0) is 17.7 Å². The van der Waals surface area contributed by atoms with Crippen molar-refractivity contribution < 1.29 is 22.8 Å². The number of aliphatic hydroxyl groups excluding tert-OH is 1. The van der Waals surface area contributed by atoms with Crippen LogP contribution < -0.4 is 11.3 Å². The number of nitrogens with two attached hydrogens (primary N) is 1. The van der Waals surface area contributed by atoms with Crippen LogP contribution in [0.2, 0.25) is 22.2 Å². The van der Waals surface area contributed by atoms with Crippen LogP contribution in [-0.4, -0.2) is 66.7 Å². The zero-order valence-electron chi connectivity index (χ0n) is 21.8.